The van der Waals surface area contributed by atoms with Gasteiger partial charge in [-0.1, -0.05) is 147 Å². The highest BCUT2D eigenvalue weighted by atomic mass is 16.5. The first-order valence-corrected chi connectivity index (χ1v) is 18.6. The molecule has 0 spiro atoms. The molecule has 0 amide bonds. The van der Waals surface area contributed by atoms with Crippen LogP contribution < -0.4 is 4.74 Å². The molecule has 2 saturated heterocycles. The van der Waals surface area contributed by atoms with E-state index < -0.39 is 0 Å². The third-order valence-electron chi connectivity index (χ3n) is 9.58. The average Bonchev–Trinajstić information content (AvgIpc) is 3.85. The third kappa shape index (κ3) is 13.2. The molecular weight excluding hydrogens is 564 g/mol. The lowest BCUT2D eigenvalue weighted by molar-refractivity contribution is 0.107. The van der Waals surface area contributed by atoms with Crippen LogP contribution in [0.1, 0.15) is 141 Å². The molecule has 6 atom stereocenters. The minimum absolute atomic E-state index is 0.353. The Morgan fingerprint density at radius 2 is 1.15 bits per heavy atom. The van der Waals surface area contributed by atoms with Crippen molar-refractivity contribution in [1.82, 2.24) is 0 Å². The second-order valence-corrected chi connectivity index (χ2v) is 12.4. The first-order chi connectivity index (χ1) is 22.6. The van der Waals surface area contributed by atoms with Crippen LogP contribution in [0.2, 0.25) is 0 Å². The third-order valence-corrected chi connectivity index (χ3v) is 9.58. The van der Waals surface area contributed by atoms with E-state index in [1.807, 2.05) is 27.7 Å². The molecule has 1 aliphatic carbocycles. The topological polar surface area (TPSA) is 27.7 Å². The van der Waals surface area contributed by atoms with Crippen molar-refractivity contribution in [3.8, 4) is 5.75 Å². The molecule has 0 radical (unpaired) electrons. The van der Waals surface area contributed by atoms with Gasteiger partial charge in [-0.15, -0.1) is 0 Å². The zero-order valence-corrected chi connectivity index (χ0v) is 30.5. The Bertz CT molecular complexity index is 1060. The Morgan fingerprint density at radius 3 is 1.67 bits per heavy atom. The molecule has 6 rings (SSSR count). The van der Waals surface area contributed by atoms with E-state index in [4.69, 9.17) is 14.2 Å². The molecule has 3 heteroatoms. The summed E-state index contributed by atoms with van der Waals surface area (Å²) in [4.78, 5) is 0. The summed E-state index contributed by atoms with van der Waals surface area (Å²) >= 11 is 0. The van der Waals surface area contributed by atoms with Crippen molar-refractivity contribution < 1.29 is 14.2 Å². The fourth-order valence-corrected chi connectivity index (χ4v) is 6.66. The minimum Gasteiger partial charge on any atom is -0.497 e. The molecule has 0 aromatic heterocycles. The lowest BCUT2D eigenvalue weighted by atomic mass is 9.77. The van der Waals surface area contributed by atoms with Gasteiger partial charge in [0, 0.05) is 5.92 Å². The summed E-state index contributed by atoms with van der Waals surface area (Å²) in [6.45, 7) is 16.6. The van der Waals surface area contributed by atoms with Crippen LogP contribution in [0.15, 0.2) is 84.9 Å². The van der Waals surface area contributed by atoms with Gasteiger partial charge in [-0.05, 0) is 78.7 Å². The van der Waals surface area contributed by atoms with Crippen LogP contribution in [-0.2, 0) is 9.47 Å². The molecule has 0 bridgehead atoms. The zero-order chi connectivity index (χ0) is 33.6. The van der Waals surface area contributed by atoms with Crippen LogP contribution in [0.3, 0.4) is 0 Å². The normalized spacial score (nSPS) is 24.8. The summed E-state index contributed by atoms with van der Waals surface area (Å²) < 4.78 is 16.6. The first kappa shape index (κ1) is 39.6. The lowest BCUT2D eigenvalue weighted by Crippen LogP contribution is -2.13. The highest BCUT2D eigenvalue weighted by molar-refractivity contribution is 5.29. The summed E-state index contributed by atoms with van der Waals surface area (Å²) in [6.07, 6.45) is 12.5. The highest BCUT2D eigenvalue weighted by Crippen LogP contribution is 2.38. The van der Waals surface area contributed by atoms with Crippen molar-refractivity contribution in [2.75, 3.05) is 20.3 Å². The van der Waals surface area contributed by atoms with Crippen LogP contribution in [0.25, 0.3) is 0 Å². The molecule has 0 N–H and O–H groups in total. The maximum absolute atomic E-state index is 5.74. The van der Waals surface area contributed by atoms with Gasteiger partial charge in [0.1, 0.15) is 5.75 Å². The molecule has 2 aliphatic heterocycles. The van der Waals surface area contributed by atoms with Crippen LogP contribution in [0, 0.1) is 11.8 Å². The van der Waals surface area contributed by atoms with Gasteiger partial charge >= 0.3 is 0 Å². The van der Waals surface area contributed by atoms with Crippen molar-refractivity contribution in [1.29, 1.82) is 0 Å². The molecule has 3 fully saturated rings. The maximum atomic E-state index is 5.74. The van der Waals surface area contributed by atoms with Crippen LogP contribution in [0.5, 0.6) is 5.75 Å². The van der Waals surface area contributed by atoms with Gasteiger partial charge < -0.3 is 14.2 Å². The number of rotatable bonds is 7. The van der Waals surface area contributed by atoms with E-state index in [-0.39, 0.29) is 0 Å². The van der Waals surface area contributed by atoms with E-state index in [1.165, 1.54) is 68.1 Å². The predicted molar refractivity (Wildman–Crippen MR) is 198 cm³/mol. The molecule has 256 valence electrons. The molecule has 46 heavy (non-hydrogen) atoms. The Hall–Kier alpha value is -2.62. The second kappa shape index (κ2) is 23.7. The van der Waals surface area contributed by atoms with Crippen molar-refractivity contribution in [3.63, 3.8) is 0 Å². The van der Waals surface area contributed by atoms with Crippen LogP contribution in [0.4, 0.5) is 0 Å². The summed E-state index contributed by atoms with van der Waals surface area (Å²) in [7, 11) is 1.72. The molecule has 6 unspecified atom stereocenters. The van der Waals surface area contributed by atoms with Crippen molar-refractivity contribution in [3.05, 3.63) is 102 Å². The number of hydrogen-bond acceptors (Lipinski definition) is 3. The van der Waals surface area contributed by atoms with E-state index in [9.17, 15) is 0 Å². The SMILES string of the molecule is CC.CC.CCC1CC(c2ccccc2)CO1.CCC1CCCC(c2ccc(OC)cc2)C1.CCC1COC(c2ccccc2)C1. The molecular formula is C43H66O3. The molecule has 3 aromatic carbocycles. The summed E-state index contributed by atoms with van der Waals surface area (Å²) in [5.41, 5.74) is 4.26. The van der Waals surface area contributed by atoms with E-state index in [0.717, 1.165) is 43.1 Å². The Balaban J connectivity index is 0.000000229. The second-order valence-electron chi connectivity index (χ2n) is 12.4. The Kier molecular flexibility index (Phi) is 20.3. The molecule has 3 aromatic rings. The van der Waals surface area contributed by atoms with Crippen LogP contribution in [-0.4, -0.2) is 26.4 Å². The van der Waals surface area contributed by atoms with Gasteiger partial charge in [-0.3, -0.25) is 0 Å². The van der Waals surface area contributed by atoms with Gasteiger partial charge in [0.05, 0.1) is 32.5 Å². The van der Waals surface area contributed by atoms with E-state index >= 15 is 0 Å². The molecule has 2 heterocycles. The van der Waals surface area contributed by atoms with Crippen molar-refractivity contribution in [2.24, 2.45) is 11.8 Å². The largest absolute Gasteiger partial charge is 0.497 e. The molecule has 3 aliphatic rings. The standard InChI is InChI=1S/C15H22O.2C12H16O.2C2H6/c1-3-12-5-4-6-14(11-12)13-7-9-15(16-2)10-8-13;1-2-12-8-11(9-13-12)10-6-4-3-5-7-10;1-2-10-8-12(13-9-10)11-6-4-3-5-7-11;2*1-2/h7-10,12,14H,3-6,11H2,1-2H3;3-7,11-12H,2,8-9H2,1H3;3-7,10,12H,2,8-9H2,1H3;2*1-2H3. The number of methoxy groups -OCH3 is 1. The van der Waals surface area contributed by atoms with E-state index in [1.54, 1.807) is 7.11 Å². The summed E-state index contributed by atoms with van der Waals surface area (Å²) in [5.74, 6) is 4.09. The molecule has 1 saturated carbocycles. The highest BCUT2D eigenvalue weighted by Gasteiger charge is 2.26. The number of hydrogen-bond donors (Lipinski definition) is 0. The monoisotopic (exact) mass is 631 g/mol. The maximum Gasteiger partial charge on any atom is 0.118 e. The average molecular weight is 631 g/mol. The quantitative estimate of drug-likeness (QED) is 0.260. The van der Waals surface area contributed by atoms with Crippen molar-refractivity contribution in [2.45, 2.75) is 130 Å². The Morgan fingerprint density at radius 1 is 0.565 bits per heavy atom. The van der Waals surface area contributed by atoms with Crippen molar-refractivity contribution >= 4 is 0 Å². The first-order valence-electron chi connectivity index (χ1n) is 18.6. The van der Waals surface area contributed by atoms with Gasteiger partial charge in [-0.2, -0.15) is 0 Å². The predicted octanol–water partition coefficient (Wildman–Crippen LogP) is 12.6. The van der Waals surface area contributed by atoms with Gasteiger partial charge in [0.25, 0.3) is 0 Å². The summed E-state index contributed by atoms with van der Waals surface area (Å²) in [5, 5.41) is 0. The van der Waals surface area contributed by atoms with Gasteiger partial charge in [0.15, 0.2) is 0 Å². The fraction of sp³-hybridized carbons (Fsp3) is 0.581. The number of ether oxygens (including phenoxy) is 3. The Labute approximate surface area is 283 Å². The number of benzene rings is 3. The lowest BCUT2D eigenvalue weighted by Gasteiger charge is -2.28. The van der Waals surface area contributed by atoms with Gasteiger partial charge in [0.2, 0.25) is 0 Å². The van der Waals surface area contributed by atoms with E-state index in [0.29, 0.717) is 18.1 Å². The van der Waals surface area contributed by atoms with Crippen LogP contribution >= 0.6 is 0 Å². The summed E-state index contributed by atoms with van der Waals surface area (Å²) in [6, 6.07) is 29.9. The zero-order valence-electron chi connectivity index (χ0n) is 30.5. The fourth-order valence-electron chi connectivity index (χ4n) is 6.66. The minimum atomic E-state index is 0.353. The molecule has 3 nitrogen and oxygen atoms in total. The van der Waals surface area contributed by atoms with Gasteiger partial charge in [-0.25, -0.2) is 0 Å². The van der Waals surface area contributed by atoms with E-state index in [2.05, 4.69) is 106 Å². The smallest absolute Gasteiger partial charge is 0.118 e.